The number of ether oxygens (including phenoxy) is 1. The van der Waals surface area contributed by atoms with E-state index in [9.17, 15) is 14.0 Å². The van der Waals surface area contributed by atoms with E-state index in [-0.39, 0.29) is 11.5 Å². The molecule has 1 aliphatic rings. The molecule has 4 aromatic rings. The predicted octanol–water partition coefficient (Wildman–Crippen LogP) is 5.39. The van der Waals surface area contributed by atoms with E-state index in [1.165, 1.54) is 19.2 Å². The zero-order valence-electron chi connectivity index (χ0n) is 19.4. The maximum absolute atomic E-state index is 13.7. The molecule has 3 aromatic carbocycles. The molecule has 0 spiro atoms. The molecule has 7 heteroatoms. The Kier molecular flexibility index (Phi) is 5.82. The van der Waals surface area contributed by atoms with Crippen LogP contribution < -0.4 is 15.0 Å². The van der Waals surface area contributed by atoms with Gasteiger partial charge in [-0.05, 0) is 61.0 Å². The number of hydrogen-bond acceptors (Lipinski definition) is 3. The van der Waals surface area contributed by atoms with Crippen LogP contribution >= 0.6 is 0 Å². The number of methoxy groups -OCH3 is 1. The molecule has 0 unspecified atom stereocenters. The quantitative estimate of drug-likeness (QED) is 0.436. The van der Waals surface area contributed by atoms with E-state index in [4.69, 9.17) is 4.74 Å². The molecule has 0 saturated heterocycles. The van der Waals surface area contributed by atoms with Gasteiger partial charge < -0.3 is 19.5 Å². The normalized spacial score (nSPS) is 12.4. The number of halogens is 1. The van der Waals surface area contributed by atoms with Crippen LogP contribution in [0.5, 0.6) is 5.75 Å². The average Bonchev–Trinajstić information content (AvgIpc) is 3.28. The maximum atomic E-state index is 13.7. The number of nitrogens with zero attached hydrogens (tertiary/aromatic N) is 2. The number of nitrogens with one attached hydrogen (secondary N) is 1. The van der Waals surface area contributed by atoms with E-state index >= 15 is 0 Å². The third-order valence-corrected chi connectivity index (χ3v) is 6.24. The molecule has 176 valence electrons. The number of aromatic nitrogens is 1. The van der Waals surface area contributed by atoms with Gasteiger partial charge in [0.1, 0.15) is 11.6 Å². The Hall–Kier alpha value is -4.39. The number of para-hydroxylation sites is 2. The van der Waals surface area contributed by atoms with E-state index in [0.717, 1.165) is 17.1 Å². The number of hydrogen-bond donors (Lipinski definition) is 1. The number of anilines is 2. The third-order valence-electron chi connectivity index (χ3n) is 6.24. The first kappa shape index (κ1) is 22.4. The second-order valence-corrected chi connectivity index (χ2v) is 8.39. The molecule has 2 heterocycles. The van der Waals surface area contributed by atoms with Gasteiger partial charge in [-0.2, -0.15) is 0 Å². The van der Waals surface area contributed by atoms with Crippen LogP contribution in [0, 0.1) is 12.7 Å². The Morgan fingerprint density at radius 3 is 2.54 bits per heavy atom. The largest absolute Gasteiger partial charge is 0.496 e. The van der Waals surface area contributed by atoms with E-state index in [0.29, 0.717) is 35.5 Å². The lowest BCUT2D eigenvalue weighted by molar-refractivity contribution is 0.0983. The van der Waals surface area contributed by atoms with E-state index in [1.54, 1.807) is 36.1 Å². The summed E-state index contributed by atoms with van der Waals surface area (Å²) >= 11 is 0. The molecule has 35 heavy (non-hydrogen) atoms. The van der Waals surface area contributed by atoms with Crippen LogP contribution in [0.3, 0.4) is 0 Å². The lowest BCUT2D eigenvalue weighted by atomic mass is 10.1. The number of rotatable bonds is 4. The number of carbonyl (C=O) groups is 2. The van der Waals surface area contributed by atoms with Crippen molar-refractivity contribution in [2.75, 3.05) is 23.9 Å². The Labute approximate surface area is 202 Å². The van der Waals surface area contributed by atoms with Crippen molar-refractivity contribution in [3.8, 4) is 11.4 Å². The van der Waals surface area contributed by atoms with Gasteiger partial charge in [0.15, 0.2) is 0 Å². The zero-order chi connectivity index (χ0) is 24.5. The highest BCUT2D eigenvalue weighted by Crippen LogP contribution is 2.33. The van der Waals surface area contributed by atoms with Crippen molar-refractivity contribution in [2.45, 2.75) is 13.3 Å². The molecule has 2 amide bonds. The Morgan fingerprint density at radius 2 is 1.74 bits per heavy atom. The molecule has 1 aromatic heterocycles. The SMILES string of the molecule is COc1cc(NC(=O)c2cc(F)ccc2C)ccc1C(=O)N1CCc2cccn2-c2ccccc21. The van der Waals surface area contributed by atoms with Crippen LogP contribution in [0.1, 0.15) is 32.0 Å². The van der Waals surface area contributed by atoms with Gasteiger partial charge in [0, 0.05) is 42.2 Å². The molecule has 0 fully saturated rings. The summed E-state index contributed by atoms with van der Waals surface area (Å²) in [6.45, 7) is 2.26. The highest BCUT2D eigenvalue weighted by Gasteiger charge is 2.26. The van der Waals surface area contributed by atoms with Crippen LogP contribution in [0.4, 0.5) is 15.8 Å². The fourth-order valence-electron chi connectivity index (χ4n) is 4.44. The highest BCUT2D eigenvalue weighted by atomic mass is 19.1. The van der Waals surface area contributed by atoms with Gasteiger partial charge in [-0.1, -0.05) is 18.2 Å². The molecule has 0 radical (unpaired) electrons. The minimum atomic E-state index is -0.483. The summed E-state index contributed by atoms with van der Waals surface area (Å²) in [5.74, 6) is -0.778. The predicted molar refractivity (Wildman–Crippen MR) is 133 cm³/mol. The highest BCUT2D eigenvalue weighted by molar-refractivity contribution is 6.10. The van der Waals surface area contributed by atoms with Crippen LogP contribution in [0.2, 0.25) is 0 Å². The second-order valence-electron chi connectivity index (χ2n) is 8.39. The van der Waals surface area contributed by atoms with Crippen LogP contribution in [0.15, 0.2) is 79.0 Å². The molecule has 0 saturated carbocycles. The summed E-state index contributed by atoms with van der Waals surface area (Å²) in [6, 6.07) is 20.8. The lowest BCUT2D eigenvalue weighted by Crippen LogP contribution is -2.32. The first-order valence-corrected chi connectivity index (χ1v) is 11.3. The molecule has 6 nitrogen and oxygen atoms in total. The summed E-state index contributed by atoms with van der Waals surface area (Å²) in [5, 5.41) is 2.77. The Balaban J connectivity index is 1.45. The zero-order valence-corrected chi connectivity index (χ0v) is 19.4. The summed E-state index contributed by atoms with van der Waals surface area (Å²) < 4.78 is 21.3. The van der Waals surface area contributed by atoms with E-state index in [1.807, 2.05) is 36.5 Å². The molecule has 1 N–H and O–H groups in total. The fraction of sp³-hybridized carbons (Fsp3) is 0.143. The van der Waals surface area contributed by atoms with Gasteiger partial charge >= 0.3 is 0 Å². The number of carbonyl (C=O) groups excluding carboxylic acids is 2. The minimum Gasteiger partial charge on any atom is -0.496 e. The number of benzene rings is 3. The van der Waals surface area contributed by atoms with E-state index < -0.39 is 11.7 Å². The first-order valence-electron chi connectivity index (χ1n) is 11.3. The van der Waals surface area contributed by atoms with Gasteiger partial charge in [0.05, 0.1) is 24.0 Å². The van der Waals surface area contributed by atoms with Crippen molar-refractivity contribution in [1.82, 2.24) is 4.57 Å². The van der Waals surface area contributed by atoms with Gasteiger partial charge in [-0.3, -0.25) is 9.59 Å². The average molecular weight is 470 g/mol. The summed E-state index contributed by atoms with van der Waals surface area (Å²) in [4.78, 5) is 28.2. The van der Waals surface area contributed by atoms with Gasteiger partial charge in [0.2, 0.25) is 0 Å². The molecule has 0 aliphatic carbocycles. The standard InChI is InChI=1S/C28H24FN3O3/c1-18-9-10-19(29)16-23(18)27(33)30-20-11-12-22(26(17-20)35-2)28(34)32-15-13-21-6-5-14-31(21)24-7-3-4-8-25(24)32/h3-12,14,16-17H,13,15H2,1-2H3,(H,30,33). The molecular formula is C28H24FN3O3. The molecule has 0 bridgehead atoms. The molecular weight excluding hydrogens is 445 g/mol. The van der Waals surface area contributed by atoms with Crippen molar-refractivity contribution in [3.05, 3.63) is 107 Å². The Morgan fingerprint density at radius 1 is 0.943 bits per heavy atom. The number of amides is 2. The second kappa shape index (κ2) is 9.10. The monoisotopic (exact) mass is 469 g/mol. The van der Waals surface area contributed by atoms with Gasteiger partial charge in [0.25, 0.3) is 11.8 Å². The van der Waals surface area contributed by atoms with Crippen molar-refractivity contribution >= 4 is 23.2 Å². The summed E-state index contributed by atoms with van der Waals surface area (Å²) in [6.07, 6.45) is 2.71. The smallest absolute Gasteiger partial charge is 0.262 e. The Bertz CT molecular complexity index is 1440. The van der Waals surface area contributed by atoms with Crippen LogP contribution in [-0.4, -0.2) is 30.0 Å². The summed E-state index contributed by atoms with van der Waals surface area (Å²) in [7, 11) is 1.48. The molecule has 5 rings (SSSR count). The van der Waals surface area contributed by atoms with Crippen molar-refractivity contribution < 1.29 is 18.7 Å². The summed E-state index contributed by atoms with van der Waals surface area (Å²) in [5.41, 5.74) is 4.61. The van der Waals surface area contributed by atoms with Crippen LogP contribution in [-0.2, 0) is 6.42 Å². The van der Waals surface area contributed by atoms with Crippen molar-refractivity contribution in [3.63, 3.8) is 0 Å². The van der Waals surface area contributed by atoms with Gasteiger partial charge in [-0.25, -0.2) is 4.39 Å². The number of fused-ring (bicyclic) bond motifs is 3. The third kappa shape index (κ3) is 4.17. The maximum Gasteiger partial charge on any atom is 0.262 e. The lowest BCUT2D eigenvalue weighted by Gasteiger charge is -2.24. The molecule has 0 atom stereocenters. The van der Waals surface area contributed by atoms with E-state index in [2.05, 4.69) is 16.0 Å². The fourth-order valence-corrected chi connectivity index (χ4v) is 4.44. The van der Waals surface area contributed by atoms with Crippen molar-refractivity contribution in [1.29, 1.82) is 0 Å². The molecule has 1 aliphatic heterocycles. The van der Waals surface area contributed by atoms with Gasteiger partial charge in [-0.15, -0.1) is 0 Å². The number of aryl methyl sites for hydroxylation is 1. The topological polar surface area (TPSA) is 63.6 Å². The minimum absolute atomic E-state index is 0.195. The first-order chi connectivity index (χ1) is 17.0. The van der Waals surface area contributed by atoms with Crippen LogP contribution in [0.25, 0.3) is 5.69 Å². The van der Waals surface area contributed by atoms with Crippen molar-refractivity contribution in [2.24, 2.45) is 0 Å².